The number of hydrogen-bond donors (Lipinski definition) is 1. The van der Waals surface area contributed by atoms with Gasteiger partial charge in [-0.15, -0.1) is 24.0 Å². The molecular weight excluding hydrogens is 460 g/mol. The number of guanidine groups is 1. The molecule has 0 radical (unpaired) electrons. The van der Waals surface area contributed by atoms with Crippen LogP contribution in [0.5, 0.6) is 5.75 Å². The van der Waals surface area contributed by atoms with Crippen molar-refractivity contribution in [3.63, 3.8) is 0 Å². The standard InChI is InChI=1S/C19H28FN5O.HI/c1-13(2)18-15(12-25(5)23-18)11-24(4)19(21-3)22-10-14-7-8-17(26-6)16(20)9-14;/h7-9,12-13H,10-11H2,1-6H3,(H,21,22);1H. The molecular formula is C19H29FIN5O. The molecule has 0 spiro atoms. The Morgan fingerprint density at radius 2 is 2.11 bits per heavy atom. The summed E-state index contributed by atoms with van der Waals surface area (Å²) in [5.41, 5.74) is 3.08. The molecule has 0 bridgehead atoms. The summed E-state index contributed by atoms with van der Waals surface area (Å²) >= 11 is 0. The van der Waals surface area contributed by atoms with Gasteiger partial charge >= 0.3 is 0 Å². The fourth-order valence-corrected chi connectivity index (χ4v) is 2.88. The topological polar surface area (TPSA) is 54.7 Å². The van der Waals surface area contributed by atoms with Crippen LogP contribution in [0.3, 0.4) is 0 Å². The monoisotopic (exact) mass is 489 g/mol. The zero-order chi connectivity index (χ0) is 19.3. The summed E-state index contributed by atoms with van der Waals surface area (Å²) in [7, 11) is 7.10. The fourth-order valence-electron chi connectivity index (χ4n) is 2.88. The summed E-state index contributed by atoms with van der Waals surface area (Å²) < 4.78 is 20.6. The Morgan fingerprint density at radius 1 is 1.41 bits per heavy atom. The van der Waals surface area contributed by atoms with Crippen molar-refractivity contribution in [1.82, 2.24) is 20.0 Å². The minimum absolute atomic E-state index is 0. The van der Waals surface area contributed by atoms with Crippen LogP contribution in [0.1, 0.15) is 36.6 Å². The fraction of sp³-hybridized carbons (Fsp3) is 0.474. The summed E-state index contributed by atoms with van der Waals surface area (Å²) in [5.74, 6) is 0.969. The molecule has 0 saturated carbocycles. The average Bonchev–Trinajstić information content (AvgIpc) is 2.96. The Labute approximate surface area is 177 Å². The van der Waals surface area contributed by atoms with Gasteiger partial charge in [-0.2, -0.15) is 5.10 Å². The van der Waals surface area contributed by atoms with Gasteiger partial charge < -0.3 is 15.0 Å². The highest BCUT2D eigenvalue weighted by molar-refractivity contribution is 14.0. The quantitative estimate of drug-likeness (QED) is 0.384. The molecule has 150 valence electrons. The van der Waals surface area contributed by atoms with E-state index in [2.05, 4.69) is 29.3 Å². The van der Waals surface area contributed by atoms with Gasteiger partial charge in [0, 0.05) is 46.0 Å². The molecule has 1 heterocycles. The van der Waals surface area contributed by atoms with Gasteiger partial charge in [0.25, 0.3) is 0 Å². The van der Waals surface area contributed by atoms with E-state index in [0.717, 1.165) is 17.2 Å². The lowest BCUT2D eigenvalue weighted by atomic mass is 10.1. The van der Waals surface area contributed by atoms with Crippen LogP contribution in [-0.2, 0) is 20.1 Å². The highest BCUT2D eigenvalue weighted by atomic mass is 127. The van der Waals surface area contributed by atoms with Crippen molar-refractivity contribution in [1.29, 1.82) is 0 Å². The van der Waals surface area contributed by atoms with Crippen LogP contribution in [-0.4, -0.2) is 41.8 Å². The number of aromatic nitrogens is 2. The first-order valence-corrected chi connectivity index (χ1v) is 8.62. The predicted molar refractivity (Wildman–Crippen MR) is 117 cm³/mol. The molecule has 0 atom stereocenters. The molecule has 8 heteroatoms. The van der Waals surface area contributed by atoms with E-state index in [1.54, 1.807) is 13.1 Å². The maximum atomic E-state index is 13.8. The van der Waals surface area contributed by atoms with Crippen LogP contribution < -0.4 is 10.1 Å². The second kappa shape index (κ2) is 10.5. The summed E-state index contributed by atoms with van der Waals surface area (Å²) in [6.07, 6.45) is 2.04. The van der Waals surface area contributed by atoms with Crippen LogP contribution in [0.4, 0.5) is 4.39 Å². The van der Waals surface area contributed by atoms with E-state index in [1.165, 1.54) is 18.7 Å². The average molecular weight is 489 g/mol. The van der Waals surface area contributed by atoms with E-state index in [9.17, 15) is 4.39 Å². The second-order valence-electron chi connectivity index (χ2n) is 6.59. The van der Waals surface area contributed by atoms with Crippen molar-refractivity contribution >= 4 is 29.9 Å². The summed E-state index contributed by atoms with van der Waals surface area (Å²) in [6.45, 7) is 5.44. The van der Waals surface area contributed by atoms with Gasteiger partial charge in [0.05, 0.1) is 12.8 Å². The molecule has 0 unspecified atom stereocenters. The Morgan fingerprint density at radius 3 is 2.67 bits per heavy atom. The Hall–Kier alpha value is -1.84. The lowest BCUT2D eigenvalue weighted by Crippen LogP contribution is -2.38. The predicted octanol–water partition coefficient (Wildman–Crippen LogP) is 3.52. The zero-order valence-corrected chi connectivity index (χ0v) is 19.1. The molecule has 0 aliphatic rings. The molecule has 2 rings (SSSR count). The van der Waals surface area contributed by atoms with Gasteiger partial charge in [0.1, 0.15) is 0 Å². The van der Waals surface area contributed by atoms with E-state index in [4.69, 9.17) is 4.74 Å². The van der Waals surface area contributed by atoms with Crippen molar-refractivity contribution in [3.05, 3.63) is 47.0 Å². The molecule has 1 N–H and O–H groups in total. The third kappa shape index (κ3) is 6.08. The number of rotatable bonds is 6. The van der Waals surface area contributed by atoms with Crippen LogP contribution in [0.25, 0.3) is 0 Å². The minimum atomic E-state index is -0.368. The summed E-state index contributed by atoms with van der Waals surface area (Å²) in [5, 5.41) is 7.81. The lowest BCUT2D eigenvalue weighted by molar-refractivity contribution is 0.386. The first kappa shape index (κ1) is 23.2. The van der Waals surface area contributed by atoms with E-state index in [-0.39, 0.29) is 35.5 Å². The SMILES string of the molecule is CN=C(NCc1ccc(OC)c(F)c1)N(C)Cc1cn(C)nc1C(C)C.I. The van der Waals surface area contributed by atoms with Crippen LogP contribution in [0.2, 0.25) is 0 Å². The maximum absolute atomic E-state index is 13.8. The third-order valence-electron chi connectivity index (χ3n) is 4.13. The highest BCUT2D eigenvalue weighted by Gasteiger charge is 2.15. The number of nitrogens with one attached hydrogen (secondary N) is 1. The van der Waals surface area contributed by atoms with Crippen molar-refractivity contribution in [2.45, 2.75) is 32.9 Å². The van der Waals surface area contributed by atoms with Crippen LogP contribution in [0.15, 0.2) is 29.4 Å². The van der Waals surface area contributed by atoms with Gasteiger partial charge in [0.15, 0.2) is 17.5 Å². The van der Waals surface area contributed by atoms with E-state index in [1.807, 2.05) is 35.9 Å². The third-order valence-corrected chi connectivity index (χ3v) is 4.13. The van der Waals surface area contributed by atoms with Crippen LogP contribution >= 0.6 is 24.0 Å². The maximum Gasteiger partial charge on any atom is 0.193 e. The van der Waals surface area contributed by atoms with E-state index in [0.29, 0.717) is 19.0 Å². The van der Waals surface area contributed by atoms with Crippen molar-refractivity contribution < 1.29 is 9.13 Å². The van der Waals surface area contributed by atoms with Gasteiger partial charge in [-0.05, 0) is 23.6 Å². The number of benzene rings is 1. The summed E-state index contributed by atoms with van der Waals surface area (Å²) in [6, 6.07) is 4.93. The molecule has 0 amide bonds. The first-order chi connectivity index (χ1) is 12.3. The molecule has 0 saturated heterocycles. The number of ether oxygens (including phenoxy) is 1. The number of methoxy groups -OCH3 is 1. The minimum Gasteiger partial charge on any atom is -0.494 e. The molecule has 27 heavy (non-hydrogen) atoms. The van der Waals surface area contributed by atoms with Crippen molar-refractivity contribution in [3.8, 4) is 5.75 Å². The lowest BCUT2D eigenvalue weighted by Gasteiger charge is -2.22. The molecule has 0 aliphatic carbocycles. The molecule has 2 aromatic rings. The summed E-state index contributed by atoms with van der Waals surface area (Å²) in [4.78, 5) is 6.35. The number of nitrogens with zero attached hydrogens (tertiary/aromatic N) is 4. The molecule has 6 nitrogen and oxygen atoms in total. The van der Waals surface area contributed by atoms with E-state index >= 15 is 0 Å². The number of hydrogen-bond acceptors (Lipinski definition) is 3. The smallest absolute Gasteiger partial charge is 0.193 e. The normalized spacial score (nSPS) is 11.3. The van der Waals surface area contributed by atoms with Crippen molar-refractivity contribution in [2.24, 2.45) is 12.0 Å². The van der Waals surface area contributed by atoms with Crippen molar-refractivity contribution in [2.75, 3.05) is 21.2 Å². The first-order valence-electron chi connectivity index (χ1n) is 8.62. The van der Waals surface area contributed by atoms with Gasteiger partial charge in [0.2, 0.25) is 0 Å². The van der Waals surface area contributed by atoms with Gasteiger partial charge in [-0.1, -0.05) is 19.9 Å². The molecule has 0 aliphatic heterocycles. The number of aliphatic imine (C=N–C) groups is 1. The zero-order valence-electron chi connectivity index (χ0n) is 16.8. The molecule has 1 aromatic heterocycles. The van der Waals surface area contributed by atoms with Gasteiger partial charge in [-0.3, -0.25) is 9.67 Å². The Kier molecular flexibility index (Phi) is 9.01. The second-order valence-corrected chi connectivity index (χ2v) is 6.59. The number of aryl methyl sites for hydroxylation is 1. The Balaban J connectivity index is 0.00000364. The Bertz CT molecular complexity index is 775. The largest absolute Gasteiger partial charge is 0.494 e. The molecule has 1 aromatic carbocycles. The van der Waals surface area contributed by atoms with Crippen LogP contribution in [0, 0.1) is 5.82 Å². The molecule has 0 fully saturated rings. The highest BCUT2D eigenvalue weighted by Crippen LogP contribution is 2.19. The van der Waals surface area contributed by atoms with E-state index < -0.39 is 0 Å². The van der Waals surface area contributed by atoms with Gasteiger partial charge in [-0.25, -0.2) is 4.39 Å². The number of halogens is 2.